The molecule has 0 bridgehead atoms. The van der Waals surface area contributed by atoms with Gasteiger partial charge in [-0.25, -0.2) is 8.42 Å². The maximum absolute atomic E-state index is 12.6. The van der Waals surface area contributed by atoms with Crippen LogP contribution in [0, 0.1) is 0 Å². The lowest BCUT2D eigenvalue weighted by atomic mass is 10.3. The second-order valence-electron chi connectivity index (χ2n) is 4.95. The number of ether oxygens (including phenoxy) is 1. The highest BCUT2D eigenvalue weighted by atomic mass is 35.5. The quantitative estimate of drug-likeness (QED) is 0.604. The summed E-state index contributed by atoms with van der Waals surface area (Å²) in [4.78, 5) is 11.8. The third-order valence-corrected chi connectivity index (χ3v) is 5.84. The molecule has 2 N–H and O–H groups in total. The zero-order valence-electron chi connectivity index (χ0n) is 14.1. The predicted octanol–water partition coefficient (Wildman–Crippen LogP) is 1.55. The number of carbonyl (C=O) groups is 1. The second kappa shape index (κ2) is 9.95. The third kappa shape index (κ3) is 5.71. The largest absolute Gasteiger partial charge is 0.383 e. The Labute approximate surface area is 148 Å². The Kier molecular flexibility index (Phi) is 8.65. The fourth-order valence-electron chi connectivity index (χ4n) is 2.06. The van der Waals surface area contributed by atoms with E-state index < -0.39 is 10.0 Å². The van der Waals surface area contributed by atoms with Crippen molar-refractivity contribution in [1.29, 1.82) is 0 Å². The van der Waals surface area contributed by atoms with Gasteiger partial charge in [0.2, 0.25) is 15.9 Å². The number of halogens is 1. The summed E-state index contributed by atoms with van der Waals surface area (Å²) in [7, 11) is -2.12. The lowest BCUT2D eigenvalue weighted by Gasteiger charge is -2.19. The first-order valence-electron chi connectivity index (χ1n) is 7.66. The number of carbonyl (C=O) groups excluding carboxylic acids is 1. The fourth-order valence-corrected chi connectivity index (χ4v) is 4.02. The van der Waals surface area contributed by atoms with Crippen LogP contribution in [0.15, 0.2) is 23.1 Å². The number of hydrogen-bond donors (Lipinski definition) is 2. The van der Waals surface area contributed by atoms with E-state index >= 15 is 0 Å². The van der Waals surface area contributed by atoms with Gasteiger partial charge in [0.1, 0.15) is 4.90 Å². The minimum atomic E-state index is -3.70. The van der Waals surface area contributed by atoms with Crippen molar-refractivity contribution in [2.75, 3.05) is 45.2 Å². The number of sulfonamides is 1. The SMILES string of the molecule is CCN(CC)S(=O)(=O)c1cc(NC(=O)CNCCOC)ccc1Cl. The number of nitrogens with one attached hydrogen (secondary N) is 2. The number of anilines is 1. The van der Waals surface area contributed by atoms with Crippen molar-refractivity contribution in [3.05, 3.63) is 23.2 Å². The third-order valence-electron chi connectivity index (χ3n) is 3.31. The molecule has 1 rings (SSSR count). The van der Waals surface area contributed by atoms with E-state index in [1.165, 1.54) is 16.4 Å². The van der Waals surface area contributed by atoms with Crippen LogP contribution >= 0.6 is 11.6 Å². The Balaban J connectivity index is 2.88. The topological polar surface area (TPSA) is 87.7 Å². The normalized spacial score (nSPS) is 11.7. The van der Waals surface area contributed by atoms with Gasteiger partial charge in [-0.2, -0.15) is 4.31 Å². The van der Waals surface area contributed by atoms with E-state index in [-0.39, 0.29) is 22.4 Å². The summed E-state index contributed by atoms with van der Waals surface area (Å²) >= 11 is 6.05. The number of hydrogen-bond acceptors (Lipinski definition) is 5. The monoisotopic (exact) mass is 377 g/mol. The molecule has 1 aromatic carbocycles. The van der Waals surface area contributed by atoms with Crippen molar-refractivity contribution in [2.24, 2.45) is 0 Å². The number of amides is 1. The average Bonchev–Trinajstić information content (AvgIpc) is 2.54. The van der Waals surface area contributed by atoms with Gasteiger partial charge in [-0.3, -0.25) is 4.79 Å². The van der Waals surface area contributed by atoms with Crippen LogP contribution in [0.3, 0.4) is 0 Å². The van der Waals surface area contributed by atoms with Crippen molar-refractivity contribution in [3.8, 4) is 0 Å². The van der Waals surface area contributed by atoms with Gasteiger partial charge in [-0.1, -0.05) is 25.4 Å². The first kappa shape index (κ1) is 20.9. The second-order valence-corrected chi connectivity index (χ2v) is 7.27. The van der Waals surface area contributed by atoms with Crippen LogP contribution in [0.5, 0.6) is 0 Å². The molecule has 0 spiro atoms. The molecular formula is C15H24ClN3O4S. The first-order valence-corrected chi connectivity index (χ1v) is 9.47. The van der Waals surface area contributed by atoms with E-state index in [1.807, 2.05) is 0 Å². The van der Waals surface area contributed by atoms with Gasteiger partial charge in [-0.05, 0) is 18.2 Å². The smallest absolute Gasteiger partial charge is 0.244 e. The van der Waals surface area contributed by atoms with Crippen molar-refractivity contribution in [1.82, 2.24) is 9.62 Å². The molecular weight excluding hydrogens is 354 g/mol. The van der Waals surface area contributed by atoms with Gasteiger partial charge < -0.3 is 15.4 Å². The standard InChI is InChI=1S/C15H24ClN3O4S/c1-4-19(5-2)24(21,22)14-10-12(6-7-13(14)16)18-15(20)11-17-8-9-23-3/h6-7,10,17H,4-5,8-9,11H2,1-3H3,(H,18,20). The molecule has 0 radical (unpaired) electrons. The van der Waals surface area contributed by atoms with Crippen LogP contribution in [0.2, 0.25) is 5.02 Å². The van der Waals surface area contributed by atoms with Crippen molar-refractivity contribution in [3.63, 3.8) is 0 Å². The van der Waals surface area contributed by atoms with Gasteiger partial charge in [0.15, 0.2) is 0 Å². The summed E-state index contributed by atoms with van der Waals surface area (Å²) in [5, 5.41) is 5.68. The number of benzene rings is 1. The summed E-state index contributed by atoms with van der Waals surface area (Å²) in [5.41, 5.74) is 0.378. The van der Waals surface area contributed by atoms with Crippen LogP contribution < -0.4 is 10.6 Å². The van der Waals surface area contributed by atoms with E-state index in [0.29, 0.717) is 31.9 Å². The molecule has 7 nitrogen and oxygen atoms in total. The molecule has 0 unspecified atom stereocenters. The Hall–Kier alpha value is -1.19. The Morgan fingerprint density at radius 1 is 1.29 bits per heavy atom. The molecule has 0 saturated carbocycles. The molecule has 9 heteroatoms. The maximum atomic E-state index is 12.6. The van der Waals surface area contributed by atoms with Gasteiger partial charge in [0.05, 0.1) is 18.2 Å². The highest BCUT2D eigenvalue weighted by Gasteiger charge is 2.24. The van der Waals surface area contributed by atoms with Crippen molar-refractivity contribution < 1.29 is 17.9 Å². The molecule has 1 amide bonds. The summed E-state index contributed by atoms with van der Waals surface area (Å²) in [5.74, 6) is -0.278. The summed E-state index contributed by atoms with van der Waals surface area (Å²) in [6.45, 7) is 5.35. The maximum Gasteiger partial charge on any atom is 0.244 e. The molecule has 0 heterocycles. The minimum Gasteiger partial charge on any atom is -0.383 e. The number of rotatable bonds is 10. The van der Waals surface area contributed by atoms with Crippen molar-refractivity contribution in [2.45, 2.75) is 18.7 Å². The zero-order chi connectivity index (χ0) is 18.2. The van der Waals surface area contributed by atoms with Gasteiger partial charge in [-0.15, -0.1) is 0 Å². The molecule has 0 saturated heterocycles. The molecule has 0 fully saturated rings. The molecule has 1 aromatic rings. The van der Waals surface area contributed by atoms with E-state index in [2.05, 4.69) is 10.6 Å². The molecule has 0 aliphatic rings. The Bertz CT molecular complexity index is 648. The highest BCUT2D eigenvalue weighted by Crippen LogP contribution is 2.27. The van der Waals surface area contributed by atoms with E-state index in [1.54, 1.807) is 27.0 Å². The molecule has 24 heavy (non-hydrogen) atoms. The van der Waals surface area contributed by atoms with E-state index in [9.17, 15) is 13.2 Å². The fraction of sp³-hybridized carbons (Fsp3) is 0.533. The van der Waals surface area contributed by atoms with Crippen LogP contribution in [-0.4, -0.2) is 58.5 Å². The van der Waals surface area contributed by atoms with Gasteiger partial charge >= 0.3 is 0 Å². The Morgan fingerprint density at radius 2 is 1.96 bits per heavy atom. The lowest BCUT2D eigenvalue weighted by molar-refractivity contribution is -0.115. The molecule has 136 valence electrons. The minimum absolute atomic E-state index is 0.0157. The lowest BCUT2D eigenvalue weighted by Crippen LogP contribution is -2.31. The highest BCUT2D eigenvalue weighted by molar-refractivity contribution is 7.89. The number of nitrogens with zero attached hydrogens (tertiary/aromatic N) is 1. The van der Waals surface area contributed by atoms with E-state index in [0.717, 1.165) is 0 Å². The van der Waals surface area contributed by atoms with Crippen LogP contribution in [0.1, 0.15) is 13.8 Å². The summed E-state index contributed by atoms with van der Waals surface area (Å²) in [6, 6.07) is 4.41. The number of methoxy groups -OCH3 is 1. The predicted molar refractivity (Wildman–Crippen MR) is 94.9 cm³/mol. The molecule has 0 aromatic heterocycles. The van der Waals surface area contributed by atoms with E-state index in [4.69, 9.17) is 16.3 Å². The first-order chi connectivity index (χ1) is 11.4. The van der Waals surface area contributed by atoms with Crippen molar-refractivity contribution >= 4 is 33.2 Å². The van der Waals surface area contributed by atoms with Gasteiger partial charge in [0.25, 0.3) is 0 Å². The molecule has 0 aliphatic heterocycles. The zero-order valence-corrected chi connectivity index (χ0v) is 15.7. The summed E-state index contributed by atoms with van der Waals surface area (Å²) < 4.78 is 31.4. The summed E-state index contributed by atoms with van der Waals surface area (Å²) in [6.07, 6.45) is 0. The van der Waals surface area contributed by atoms with Crippen LogP contribution in [0.25, 0.3) is 0 Å². The average molecular weight is 378 g/mol. The molecule has 0 aliphatic carbocycles. The van der Waals surface area contributed by atoms with Crippen LogP contribution in [0.4, 0.5) is 5.69 Å². The molecule has 0 atom stereocenters. The van der Waals surface area contributed by atoms with Crippen LogP contribution in [-0.2, 0) is 19.6 Å². The van der Waals surface area contributed by atoms with Gasteiger partial charge in [0, 0.05) is 32.4 Å². The Morgan fingerprint density at radius 3 is 2.54 bits per heavy atom.